The van der Waals surface area contributed by atoms with Gasteiger partial charge in [0.1, 0.15) is 6.54 Å². The number of carbonyl (C=O) groups excluding carboxylic acids is 1. The van der Waals surface area contributed by atoms with Crippen LogP contribution in [0, 0.1) is 0 Å². The molecule has 4 nitrogen and oxygen atoms in total. The summed E-state index contributed by atoms with van der Waals surface area (Å²) in [5.74, 6) is -0.673. The van der Waals surface area contributed by atoms with Gasteiger partial charge >= 0.3 is 6.18 Å². The van der Waals surface area contributed by atoms with Crippen LogP contribution >= 0.6 is 0 Å². The van der Waals surface area contributed by atoms with Crippen molar-refractivity contribution < 1.29 is 18.0 Å². The number of aromatic nitrogens is 1. The molecule has 0 saturated heterocycles. The highest BCUT2D eigenvalue weighted by Gasteiger charge is 2.27. The minimum atomic E-state index is -4.37. The second-order valence-corrected chi connectivity index (χ2v) is 3.64. The van der Waals surface area contributed by atoms with E-state index in [0.29, 0.717) is 13.0 Å². The molecule has 18 heavy (non-hydrogen) atoms. The molecule has 0 radical (unpaired) electrons. The highest BCUT2D eigenvalue weighted by Crippen LogP contribution is 2.11. The van der Waals surface area contributed by atoms with Crippen LogP contribution in [0.4, 0.5) is 13.2 Å². The molecule has 0 aliphatic carbocycles. The third kappa shape index (κ3) is 6.85. The van der Waals surface area contributed by atoms with Gasteiger partial charge in [0.15, 0.2) is 0 Å². The maximum atomic E-state index is 11.8. The van der Waals surface area contributed by atoms with Crippen LogP contribution in [0.1, 0.15) is 5.69 Å². The molecule has 0 fully saturated rings. The Morgan fingerprint density at radius 2 is 2.11 bits per heavy atom. The van der Waals surface area contributed by atoms with Crippen LogP contribution < -0.4 is 10.6 Å². The molecule has 1 rings (SSSR count). The first-order valence-corrected chi connectivity index (χ1v) is 5.41. The lowest BCUT2D eigenvalue weighted by Crippen LogP contribution is -2.39. The standard InChI is InChI=1S/C11H14F3N3O/c12-11(13,14)8-17-10(18)7-15-6-4-9-3-1-2-5-16-9/h1-3,5,15H,4,6-8H2,(H,17,18). The predicted octanol–water partition coefficient (Wildman–Crippen LogP) is 0.892. The van der Waals surface area contributed by atoms with E-state index in [1.54, 1.807) is 17.6 Å². The van der Waals surface area contributed by atoms with Crippen LogP contribution in [0.3, 0.4) is 0 Å². The number of carbonyl (C=O) groups is 1. The largest absolute Gasteiger partial charge is 0.405 e. The SMILES string of the molecule is O=C(CNCCc1ccccn1)NCC(F)(F)F. The Bertz CT molecular complexity index is 368. The van der Waals surface area contributed by atoms with E-state index in [4.69, 9.17) is 0 Å². The van der Waals surface area contributed by atoms with Gasteiger partial charge in [0.25, 0.3) is 0 Å². The zero-order chi connectivity index (χ0) is 13.4. The lowest BCUT2D eigenvalue weighted by atomic mass is 10.3. The fraction of sp³-hybridized carbons (Fsp3) is 0.455. The second kappa shape index (κ2) is 6.95. The van der Waals surface area contributed by atoms with Crippen LogP contribution in [-0.2, 0) is 11.2 Å². The first kappa shape index (κ1) is 14.4. The molecule has 0 spiro atoms. The number of nitrogens with zero attached hydrogens (tertiary/aromatic N) is 1. The predicted molar refractivity (Wildman–Crippen MR) is 59.9 cm³/mol. The Balaban J connectivity index is 2.09. The van der Waals surface area contributed by atoms with Crippen molar-refractivity contribution in [2.75, 3.05) is 19.6 Å². The fourth-order valence-electron chi connectivity index (χ4n) is 1.23. The molecule has 1 aromatic heterocycles. The van der Waals surface area contributed by atoms with Gasteiger partial charge in [0.05, 0.1) is 6.54 Å². The summed E-state index contributed by atoms with van der Waals surface area (Å²) >= 11 is 0. The second-order valence-electron chi connectivity index (χ2n) is 3.64. The Morgan fingerprint density at radius 1 is 1.33 bits per heavy atom. The minimum Gasteiger partial charge on any atom is -0.346 e. The molecule has 0 aliphatic heterocycles. The number of pyridine rings is 1. The van der Waals surface area contributed by atoms with E-state index >= 15 is 0 Å². The summed E-state index contributed by atoms with van der Waals surface area (Å²) in [7, 11) is 0. The Morgan fingerprint density at radius 3 is 2.72 bits per heavy atom. The summed E-state index contributed by atoms with van der Waals surface area (Å²) < 4.78 is 35.3. The van der Waals surface area contributed by atoms with Crippen LogP contribution in [0.5, 0.6) is 0 Å². The highest BCUT2D eigenvalue weighted by atomic mass is 19.4. The van der Waals surface area contributed by atoms with Gasteiger partial charge in [-0.15, -0.1) is 0 Å². The van der Waals surface area contributed by atoms with Crippen molar-refractivity contribution in [3.8, 4) is 0 Å². The molecule has 0 bridgehead atoms. The van der Waals surface area contributed by atoms with E-state index in [0.717, 1.165) is 5.69 Å². The Labute approximate surface area is 103 Å². The van der Waals surface area contributed by atoms with Gasteiger partial charge in [0, 0.05) is 24.9 Å². The Hall–Kier alpha value is -1.63. The van der Waals surface area contributed by atoms with Crippen molar-refractivity contribution in [2.24, 2.45) is 0 Å². The van der Waals surface area contributed by atoms with E-state index in [9.17, 15) is 18.0 Å². The Kier molecular flexibility index (Phi) is 5.57. The number of hydrogen-bond donors (Lipinski definition) is 2. The average molecular weight is 261 g/mol. The van der Waals surface area contributed by atoms with Gasteiger partial charge in [-0.25, -0.2) is 0 Å². The first-order chi connectivity index (χ1) is 8.47. The topological polar surface area (TPSA) is 54.0 Å². The van der Waals surface area contributed by atoms with Gasteiger partial charge < -0.3 is 10.6 Å². The molecule has 0 atom stereocenters. The summed E-state index contributed by atoms with van der Waals surface area (Å²) in [4.78, 5) is 15.1. The van der Waals surface area contributed by atoms with Gasteiger partial charge in [0.2, 0.25) is 5.91 Å². The van der Waals surface area contributed by atoms with Crippen molar-refractivity contribution in [1.29, 1.82) is 0 Å². The monoisotopic (exact) mass is 261 g/mol. The molecular formula is C11H14F3N3O. The molecule has 0 aromatic carbocycles. The van der Waals surface area contributed by atoms with E-state index in [2.05, 4.69) is 10.3 Å². The normalized spacial score (nSPS) is 11.3. The molecule has 100 valence electrons. The molecule has 0 unspecified atom stereocenters. The maximum absolute atomic E-state index is 11.8. The molecule has 1 amide bonds. The quantitative estimate of drug-likeness (QED) is 0.748. The summed E-state index contributed by atoms with van der Waals surface area (Å²) in [5, 5.41) is 4.53. The van der Waals surface area contributed by atoms with Gasteiger partial charge in [-0.05, 0) is 12.1 Å². The number of halogens is 3. The minimum absolute atomic E-state index is 0.136. The van der Waals surface area contributed by atoms with Crippen LogP contribution in [0.15, 0.2) is 24.4 Å². The number of nitrogens with one attached hydrogen (secondary N) is 2. The molecule has 7 heteroatoms. The smallest absolute Gasteiger partial charge is 0.346 e. The third-order valence-corrected chi connectivity index (χ3v) is 2.06. The van der Waals surface area contributed by atoms with Gasteiger partial charge in [-0.1, -0.05) is 6.07 Å². The summed E-state index contributed by atoms with van der Waals surface area (Å²) in [6.45, 7) is -0.951. The first-order valence-electron chi connectivity index (χ1n) is 5.41. The van der Waals surface area contributed by atoms with Crippen molar-refractivity contribution >= 4 is 5.91 Å². The van der Waals surface area contributed by atoms with Crippen molar-refractivity contribution in [2.45, 2.75) is 12.6 Å². The van der Waals surface area contributed by atoms with E-state index < -0.39 is 18.6 Å². The summed E-state index contributed by atoms with van der Waals surface area (Å²) in [6.07, 6.45) is -2.09. The molecule has 1 aromatic rings. The summed E-state index contributed by atoms with van der Waals surface area (Å²) in [5.41, 5.74) is 0.862. The number of hydrogen-bond acceptors (Lipinski definition) is 3. The molecule has 0 saturated carbocycles. The maximum Gasteiger partial charge on any atom is 0.405 e. The number of amides is 1. The molecule has 1 heterocycles. The van der Waals surface area contributed by atoms with Crippen LogP contribution in [-0.4, -0.2) is 36.7 Å². The van der Waals surface area contributed by atoms with Gasteiger partial charge in [-0.3, -0.25) is 9.78 Å². The summed E-state index contributed by atoms with van der Waals surface area (Å²) in [6, 6.07) is 5.48. The van der Waals surface area contributed by atoms with E-state index in [-0.39, 0.29) is 6.54 Å². The lowest BCUT2D eigenvalue weighted by Gasteiger charge is -2.08. The van der Waals surface area contributed by atoms with E-state index in [1.807, 2.05) is 12.1 Å². The van der Waals surface area contributed by atoms with Crippen LogP contribution in [0.2, 0.25) is 0 Å². The van der Waals surface area contributed by atoms with Crippen molar-refractivity contribution in [3.05, 3.63) is 30.1 Å². The average Bonchev–Trinajstić information content (AvgIpc) is 2.33. The zero-order valence-corrected chi connectivity index (χ0v) is 9.63. The lowest BCUT2D eigenvalue weighted by molar-refractivity contribution is -0.137. The van der Waals surface area contributed by atoms with Gasteiger partial charge in [-0.2, -0.15) is 13.2 Å². The highest BCUT2D eigenvalue weighted by molar-refractivity contribution is 5.77. The van der Waals surface area contributed by atoms with Crippen molar-refractivity contribution in [3.63, 3.8) is 0 Å². The van der Waals surface area contributed by atoms with E-state index in [1.165, 1.54) is 0 Å². The number of rotatable bonds is 6. The molecule has 2 N–H and O–H groups in total. The van der Waals surface area contributed by atoms with Crippen LogP contribution in [0.25, 0.3) is 0 Å². The van der Waals surface area contributed by atoms with Crippen molar-refractivity contribution in [1.82, 2.24) is 15.6 Å². The molecular weight excluding hydrogens is 247 g/mol. The third-order valence-electron chi connectivity index (χ3n) is 2.06. The number of alkyl halides is 3. The molecule has 0 aliphatic rings. The zero-order valence-electron chi connectivity index (χ0n) is 9.63. The fourth-order valence-corrected chi connectivity index (χ4v) is 1.23.